The summed E-state index contributed by atoms with van der Waals surface area (Å²) in [6.07, 6.45) is 3.15. The van der Waals surface area contributed by atoms with Crippen LogP contribution in [0.5, 0.6) is 0 Å². The first-order valence-corrected chi connectivity index (χ1v) is 7.31. The minimum Gasteiger partial charge on any atom is -0.480 e. The number of aliphatic carboxylic acids is 1. The Bertz CT molecular complexity index is 466. The number of carboxylic acid groups (broad SMARTS) is 1. The van der Waals surface area contributed by atoms with Gasteiger partial charge in [0.1, 0.15) is 6.61 Å². The van der Waals surface area contributed by atoms with Gasteiger partial charge in [-0.2, -0.15) is 0 Å². The molecule has 1 aliphatic carbocycles. The summed E-state index contributed by atoms with van der Waals surface area (Å²) in [7, 11) is 0. The topological polar surface area (TPSA) is 75.6 Å². The minimum absolute atomic E-state index is 0.0201. The van der Waals surface area contributed by atoms with Gasteiger partial charge in [0.25, 0.3) is 0 Å². The van der Waals surface area contributed by atoms with Crippen LogP contribution in [-0.4, -0.2) is 29.6 Å². The van der Waals surface area contributed by atoms with Crippen molar-refractivity contribution in [2.75, 3.05) is 6.54 Å². The van der Waals surface area contributed by atoms with Gasteiger partial charge in [0.05, 0.1) is 12.5 Å². The number of benzene rings is 1. The molecule has 0 atom stereocenters. The van der Waals surface area contributed by atoms with E-state index in [1.807, 2.05) is 30.3 Å². The Kier molecular flexibility index (Phi) is 5.75. The van der Waals surface area contributed by atoms with Crippen molar-refractivity contribution in [1.29, 1.82) is 0 Å². The molecule has 0 heterocycles. The summed E-state index contributed by atoms with van der Waals surface area (Å²) in [4.78, 5) is 22.5. The molecular formula is C16H21NO4. The van der Waals surface area contributed by atoms with Gasteiger partial charge >= 0.3 is 11.9 Å². The second-order valence-corrected chi connectivity index (χ2v) is 5.42. The fourth-order valence-electron chi connectivity index (χ4n) is 2.61. The van der Waals surface area contributed by atoms with Crippen molar-refractivity contribution < 1.29 is 19.4 Å². The number of ether oxygens (including phenoxy) is 1. The van der Waals surface area contributed by atoms with Crippen LogP contribution in [0.15, 0.2) is 30.3 Å². The Hall–Kier alpha value is -1.88. The molecular weight excluding hydrogens is 270 g/mol. The zero-order valence-electron chi connectivity index (χ0n) is 12.0. The van der Waals surface area contributed by atoms with Gasteiger partial charge in [-0.15, -0.1) is 0 Å². The van der Waals surface area contributed by atoms with Crippen LogP contribution in [-0.2, 0) is 20.9 Å². The Morgan fingerprint density at radius 2 is 1.81 bits per heavy atom. The molecule has 2 rings (SSSR count). The van der Waals surface area contributed by atoms with E-state index in [0.717, 1.165) is 31.2 Å². The number of rotatable bonds is 6. The zero-order chi connectivity index (χ0) is 15.1. The molecule has 0 bridgehead atoms. The molecule has 5 heteroatoms. The Morgan fingerprint density at radius 1 is 1.14 bits per heavy atom. The largest absolute Gasteiger partial charge is 0.480 e. The molecule has 114 valence electrons. The van der Waals surface area contributed by atoms with E-state index in [1.165, 1.54) is 0 Å². The molecule has 1 aromatic rings. The number of carbonyl (C=O) groups excluding carboxylic acids is 1. The SMILES string of the molecule is O=C(O)CNC1CCC(C(=O)OCc2ccccc2)CC1. The number of hydrogen-bond acceptors (Lipinski definition) is 4. The Labute approximate surface area is 124 Å². The third kappa shape index (κ3) is 5.19. The molecule has 1 aliphatic rings. The van der Waals surface area contributed by atoms with Crippen LogP contribution in [0.4, 0.5) is 0 Å². The molecule has 1 fully saturated rings. The number of hydrogen-bond donors (Lipinski definition) is 2. The van der Waals surface area contributed by atoms with Crippen LogP contribution in [0, 0.1) is 5.92 Å². The maximum atomic E-state index is 12.0. The lowest BCUT2D eigenvalue weighted by molar-refractivity contribution is -0.151. The molecule has 0 unspecified atom stereocenters. The van der Waals surface area contributed by atoms with E-state index in [9.17, 15) is 9.59 Å². The molecule has 0 aliphatic heterocycles. The summed E-state index contributed by atoms with van der Waals surface area (Å²) in [5, 5.41) is 11.6. The first-order chi connectivity index (χ1) is 10.1. The molecule has 2 N–H and O–H groups in total. The number of nitrogens with one attached hydrogen (secondary N) is 1. The lowest BCUT2D eigenvalue weighted by Gasteiger charge is -2.27. The average molecular weight is 291 g/mol. The first-order valence-electron chi connectivity index (χ1n) is 7.31. The highest BCUT2D eigenvalue weighted by Crippen LogP contribution is 2.25. The van der Waals surface area contributed by atoms with E-state index in [1.54, 1.807) is 0 Å². The van der Waals surface area contributed by atoms with Gasteiger partial charge in [0, 0.05) is 6.04 Å². The van der Waals surface area contributed by atoms with Crippen molar-refractivity contribution in [3.05, 3.63) is 35.9 Å². The van der Waals surface area contributed by atoms with Crippen LogP contribution in [0.1, 0.15) is 31.2 Å². The molecule has 0 radical (unpaired) electrons. The predicted octanol–water partition coefficient (Wildman–Crippen LogP) is 1.96. The van der Waals surface area contributed by atoms with E-state index in [4.69, 9.17) is 9.84 Å². The first kappa shape index (κ1) is 15.5. The lowest BCUT2D eigenvalue weighted by Crippen LogP contribution is -2.38. The highest BCUT2D eigenvalue weighted by Gasteiger charge is 2.27. The van der Waals surface area contributed by atoms with Crippen LogP contribution in [0.3, 0.4) is 0 Å². The summed E-state index contributed by atoms with van der Waals surface area (Å²) in [6.45, 7) is 0.296. The summed E-state index contributed by atoms with van der Waals surface area (Å²) < 4.78 is 5.35. The van der Waals surface area contributed by atoms with Gasteiger partial charge in [0.2, 0.25) is 0 Å². The van der Waals surface area contributed by atoms with Crippen molar-refractivity contribution >= 4 is 11.9 Å². The minimum atomic E-state index is -0.848. The Balaban J connectivity index is 1.69. The van der Waals surface area contributed by atoms with Gasteiger partial charge in [-0.25, -0.2) is 0 Å². The molecule has 0 amide bonds. The predicted molar refractivity (Wildman–Crippen MR) is 77.6 cm³/mol. The van der Waals surface area contributed by atoms with Crippen LogP contribution in [0.25, 0.3) is 0 Å². The van der Waals surface area contributed by atoms with E-state index in [0.29, 0.717) is 6.61 Å². The lowest BCUT2D eigenvalue weighted by atomic mass is 9.86. The molecule has 5 nitrogen and oxygen atoms in total. The summed E-state index contributed by atoms with van der Waals surface area (Å²) in [5.41, 5.74) is 0.989. The number of carboxylic acids is 1. The maximum Gasteiger partial charge on any atom is 0.317 e. The molecule has 0 aromatic heterocycles. The van der Waals surface area contributed by atoms with Gasteiger partial charge in [-0.1, -0.05) is 30.3 Å². The number of carbonyl (C=O) groups is 2. The summed E-state index contributed by atoms with van der Waals surface area (Å²) in [6, 6.07) is 9.82. The summed E-state index contributed by atoms with van der Waals surface area (Å²) in [5.74, 6) is -1.05. The molecule has 0 spiro atoms. The fourth-order valence-corrected chi connectivity index (χ4v) is 2.61. The van der Waals surface area contributed by atoms with Crippen molar-refractivity contribution in [2.24, 2.45) is 5.92 Å². The van der Waals surface area contributed by atoms with E-state index in [-0.39, 0.29) is 24.5 Å². The molecule has 1 saturated carbocycles. The summed E-state index contributed by atoms with van der Waals surface area (Å²) >= 11 is 0. The van der Waals surface area contributed by atoms with Crippen LogP contribution >= 0.6 is 0 Å². The quantitative estimate of drug-likeness (QED) is 0.784. The molecule has 1 aromatic carbocycles. The molecule has 0 saturated heterocycles. The smallest absolute Gasteiger partial charge is 0.317 e. The van der Waals surface area contributed by atoms with Crippen LogP contribution in [0.2, 0.25) is 0 Å². The highest BCUT2D eigenvalue weighted by atomic mass is 16.5. The highest BCUT2D eigenvalue weighted by molar-refractivity contribution is 5.72. The van der Waals surface area contributed by atoms with Crippen LogP contribution < -0.4 is 5.32 Å². The second kappa shape index (κ2) is 7.78. The third-order valence-electron chi connectivity index (χ3n) is 3.83. The molecule has 21 heavy (non-hydrogen) atoms. The fraction of sp³-hybridized carbons (Fsp3) is 0.500. The monoisotopic (exact) mass is 291 g/mol. The normalized spacial score (nSPS) is 21.7. The van der Waals surface area contributed by atoms with E-state index >= 15 is 0 Å². The van der Waals surface area contributed by atoms with Gasteiger partial charge in [-0.05, 0) is 31.2 Å². The van der Waals surface area contributed by atoms with Gasteiger partial charge in [-0.3, -0.25) is 9.59 Å². The zero-order valence-corrected chi connectivity index (χ0v) is 12.0. The maximum absolute atomic E-state index is 12.0. The van der Waals surface area contributed by atoms with Crippen molar-refractivity contribution in [3.63, 3.8) is 0 Å². The second-order valence-electron chi connectivity index (χ2n) is 5.42. The van der Waals surface area contributed by atoms with E-state index in [2.05, 4.69) is 5.32 Å². The average Bonchev–Trinajstić information content (AvgIpc) is 2.52. The Morgan fingerprint density at radius 3 is 2.43 bits per heavy atom. The van der Waals surface area contributed by atoms with Gasteiger partial charge in [0.15, 0.2) is 0 Å². The standard InChI is InChI=1S/C16H21NO4/c18-15(19)10-17-14-8-6-13(7-9-14)16(20)21-11-12-4-2-1-3-5-12/h1-5,13-14,17H,6-11H2,(H,18,19). The van der Waals surface area contributed by atoms with E-state index < -0.39 is 5.97 Å². The van der Waals surface area contributed by atoms with Crippen molar-refractivity contribution in [3.8, 4) is 0 Å². The van der Waals surface area contributed by atoms with Gasteiger partial charge < -0.3 is 15.2 Å². The van der Waals surface area contributed by atoms with Crippen molar-refractivity contribution in [2.45, 2.75) is 38.3 Å². The third-order valence-corrected chi connectivity index (χ3v) is 3.83. The number of esters is 1. The van der Waals surface area contributed by atoms with Crippen molar-refractivity contribution in [1.82, 2.24) is 5.32 Å².